The molecule has 0 saturated carbocycles. The highest BCUT2D eigenvalue weighted by Crippen LogP contribution is 2.25. The molecule has 2 aromatic carbocycles. The first-order valence-electron chi connectivity index (χ1n) is 10.6. The Morgan fingerprint density at radius 2 is 1.73 bits per heavy atom. The Balaban J connectivity index is 1.31. The predicted octanol–water partition coefficient (Wildman–Crippen LogP) is 4.03. The zero-order chi connectivity index (χ0) is 22.8. The first kappa shape index (κ1) is 21.7. The SMILES string of the molecule is O=C(CSc1nc2ccsc2c(=O)n1-c1ccccc1)N1CCN(c2ccccc2F)CC1. The van der Waals surface area contributed by atoms with Gasteiger partial charge in [0.25, 0.3) is 5.56 Å². The Bertz CT molecular complexity index is 1350. The van der Waals surface area contributed by atoms with Crippen molar-refractivity contribution in [2.45, 2.75) is 5.16 Å². The van der Waals surface area contributed by atoms with Crippen LogP contribution < -0.4 is 10.5 Å². The van der Waals surface area contributed by atoms with E-state index in [1.807, 2.05) is 52.7 Å². The summed E-state index contributed by atoms with van der Waals surface area (Å²) in [7, 11) is 0. The molecule has 1 aliphatic heterocycles. The van der Waals surface area contributed by atoms with Crippen LogP contribution >= 0.6 is 23.1 Å². The molecule has 5 rings (SSSR count). The molecule has 0 N–H and O–H groups in total. The molecule has 9 heteroatoms. The van der Waals surface area contributed by atoms with Crippen molar-refractivity contribution in [1.82, 2.24) is 14.5 Å². The van der Waals surface area contributed by atoms with Crippen molar-refractivity contribution in [3.63, 3.8) is 0 Å². The van der Waals surface area contributed by atoms with E-state index >= 15 is 0 Å². The van der Waals surface area contributed by atoms with E-state index in [1.54, 1.807) is 21.6 Å². The number of carbonyl (C=O) groups excluding carboxylic acids is 1. The maximum atomic E-state index is 14.1. The van der Waals surface area contributed by atoms with Crippen LogP contribution in [-0.2, 0) is 4.79 Å². The Labute approximate surface area is 198 Å². The van der Waals surface area contributed by atoms with Gasteiger partial charge >= 0.3 is 0 Å². The van der Waals surface area contributed by atoms with Gasteiger partial charge in [-0.25, -0.2) is 9.37 Å². The molecule has 1 amide bonds. The minimum atomic E-state index is -0.249. The molecule has 3 heterocycles. The van der Waals surface area contributed by atoms with E-state index in [9.17, 15) is 14.0 Å². The number of rotatable bonds is 5. The topological polar surface area (TPSA) is 58.4 Å². The second kappa shape index (κ2) is 9.36. The van der Waals surface area contributed by atoms with Gasteiger partial charge in [-0.05, 0) is 35.7 Å². The van der Waals surface area contributed by atoms with Crippen LogP contribution in [0.25, 0.3) is 15.9 Å². The van der Waals surface area contributed by atoms with Gasteiger partial charge in [-0.15, -0.1) is 11.3 Å². The van der Waals surface area contributed by atoms with E-state index in [1.165, 1.54) is 29.2 Å². The molecule has 33 heavy (non-hydrogen) atoms. The number of benzene rings is 2. The summed E-state index contributed by atoms with van der Waals surface area (Å²) in [6.07, 6.45) is 0. The molecule has 0 atom stereocenters. The van der Waals surface area contributed by atoms with Gasteiger partial charge in [-0.3, -0.25) is 14.2 Å². The van der Waals surface area contributed by atoms with Gasteiger partial charge < -0.3 is 9.80 Å². The highest BCUT2D eigenvalue weighted by Gasteiger charge is 2.23. The zero-order valence-electron chi connectivity index (χ0n) is 17.7. The Morgan fingerprint density at radius 3 is 2.48 bits per heavy atom. The Hall–Kier alpha value is -3.17. The van der Waals surface area contributed by atoms with E-state index < -0.39 is 0 Å². The first-order valence-corrected chi connectivity index (χ1v) is 12.4. The number of carbonyl (C=O) groups is 1. The van der Waals surface area contributed by atoms with Crippen molar-refractivity contribution in [3.05, 3.63) is 82.2 Å². The van der Waals surface area contributed by atoms with E-state index in [4.69, 9.17) is 0 Å². The Kier molecular flexibility index (Phi) is 6.15. The van der Waals surface area contributed by atoms with Gasteiger partial charge in [-0.2, -0.15) is 0 Å². The molecular weight excluding hydrogens is 459 g/mol. The highest BCUT2D eigenvalue weighted by atomic mass is 32.2. The molecule has 1 aliphatic rings. The maximum Gasteiger partial charge on any atom is 0.276 e. The number of aromatic nitrogens is 2. The van der Waals surface area contributed by atoms with Gasteiger partial charge in [0, 0.05) is 26.2 Å². The lowest BCUT2D eigenvalue weighted by atomic mass is 10.2. The van der Waals surface area contributed by atoms with Crippen LogP contribution in [0.1, 0.15) is 0 Å². The number of amides is 1. The standard InChI is InChI=1S/C24H21FN4O2S2/c25-18-8-4-5-9-20(18)27-11-13-28(14-12-27)21(30)16-33-24-26-19-10-15-32-22(19)23(31)29(24)17-6-2-1-3-7-17/h1-10,15H,11-14,16H2. The number of hydrogen-bond donors (Lipinski definition) is 0. The second-order valence-electron chi connectivity index (χ2n) is 7.61. The number of piperazine rings is 1. The number of para-hydroxylation sites is 2. The van der Waals surface area contributed by atoms with Crippen LogP contribution in [0.15, 0.2) is 76.0 Å². The summed E-state index contributed by atoms with van der Waals surface area (Å²) in [5.74, 6) is -0.0942. The fourth-order valence-electron chi connectivity index (χ4n) is 3.92. The third-order valence-electron chi connectivity index (χ3n) is 5.61. The van der Waals surface area contributed by atoms with Crippen LogP contribution in [0.2, 0.25) is 0 Å². The molecule has 2 aromatic heterocycles. The second-order valence-corrected chi connectivity index (χ2v) is 9.47. The predicted molar refractivity (Wildman–Crippen MR) is 131 cm³/mol. The van der Waals surface area contributed by atoms with E-state index in [-0.39, 0.29) is 23.0 Å². The van der Waals surface area contributed by atoms with Crippen LogP contribution in [0.3, 0.4) is 0 Å². The maximum absolute atomic E-state index is 14.1. The number of thioether (sulfide) groups is 1. The van der Waals surface area contributed by atoms with Crippen LogP contribution in [0.4, 0.5) is 10.1 Å². The van der Waals surface area contributed by atoms with E-state index in [0.717, 1.165) is 5.69 Å². The molecule has 0 aliphatic carbocycles. The number of fused-ring (bicyclic) bond motifs is 1. The summed E-state index contributed by atoms with van der Waals surface area (Å²) in [6.45, 7) is 2.20. The quantitative estimate of drug-likeness (QED) is 0.319. The molecule has 0 bridgehead atoms. The van der Waals surface area contributed by atoms with Crippen molar-refractivity contribution in [3.8, 4) is 5.69 Å². The number of thiophene rings is 1. The highest BCUT2D eigenvalue weighted by molar-refractivity contribution is 7.99. The van der Waals surface area contributed by atoms with Crippen molar-refractivity contribution in [2.75, 3.05) is 36.8 Å². The molecule has 6 nitrogen and oxygen atoms in total. The van der Waals surface area contributed by atoms with Crippen LogP contribution in [-0.4, -0.2) is 52.3 Å². The van der Waals surface area contributed by atoms with Crippen molar-refractivity contribution < 1.29 is 9.18 Å². The summed E-state index contributed by atoms with van der Waals surface area (Å²) < 4.78 is 16.2. The fourth-order valence-corrected chi connectivity index (χ4v) is 5.59. The van der Waals surface area contributed by atoms with Gasteiger partial charge in [0.05, 0.1) is 22.6 Å². The number of halogens is 1. The zero-order valence-corrected chi connectivity index (χ0v) is 19.3. The van der Waals surface area contributed by atoms with Gasteiger partial charge in [0.15, 0.2) is 5.16 Å². The van der Waals surface area contributed by atoms with Crippen molar-refractivity contribution in [2.24, 2.45) is 0 Å². The fraction of sp³-hybridized carbons (Fsp3) is 0.208. The summed E-state index contributed by atoms with van der Waals surface area (Å²) >= 11 is 2.63. The van der Waals surface area contributed by atoms with Gasteiger partial charge in [0.2, 0.25) is 5.91 Å². The number of hydrogen-bond acceptors (Lipinski definition) is 6. The average molecular weight is 481 g/mol. The van der Waals surface area contributed by atoms with Gasteiger partial charge in [0.1, 0.15) is 10.5 Å². The summed E-state index contributed by atoms with van der Waals surface area (Å²) in [6, 6.07) is 17.9. The average Bonchev–Trinajstić information content (AvgIpc) is 3.33. The third kappa shape index (κ3) is 4.38. The third-order valence-corrected chi connectivity index (χ3v) is 7.43. The Morgan fingerprint density at radius 1 is 1.00 bits per heavy atom. The molecule has 0 spiro atoms. The summed E-state index contributed by atoms with van der Waals surface area (Å²) in [4.78, 5) is 34.5. The first-order chi connectivity index (χ1) is 16.1. The van der Waals surface area contributed by atoms with Crippen LogP contribution in [0, 0.1) is 5.82 Å². The molecule has 168 valence electrons. The molecule has 0 unspecified atom stereocenters. The number of nitrogens with zero attached hydrogens (tertiary/aromatic N) is 4. The minimum absolute atomic E-state index is 0.0209. The van der Waals surface area contributed by atoms with E-state index in [0.29, 0.717) is 47.2 Å². The molecule has 4 aromatic rings. The normalized spacial score (nSPS) is 14.1. The molecule has 0 radical (unpaired) electrons. The summed E-state index contributed by atoms with van der Waals surface area (Å²) in [5.41, 5.74) is 1.80. The van der Waals surface area contributed by atoms with Crippen molar-refractivity contribution >= 4 is 44.9 Å². The minimum Gasteiger partial charge on any atom is -0.366 e. The smallest absolute Gasteiger partial charge is 0.276 e. The van der Waals surface area contributed by atoms with Gasteiger partial charge in [-0.1, -0.05) is 42.1 Å². The lowest BCUT2D eigenvalue weighted by Crippen LogP contribution is -2.49. The lowest BCUT2D eigenvalue weighted by molar-refractivity contribution is -0.128. The summed E-state index contributed by atoms with van der Waals surface area (Å²) in [5, 5.41) is 2.35. The molecular formula is C24H21FN4O2S2. The lowest BCUT2D eigenvalue weighted by Gasteiger charge is -2.36. The van der Waals surface area contributed by atoms with E-state index in [2.05, 4.69) is 4.98 Å². The molecule has 1 fully saturated rings. The monoisotopic (exact) mass is 480 g/mol. The molecule has 1 saturated heterocycles. The largest absolute Gasteiger partial charge is 0.366 e. The van der Waals surface area contributed by atoms with Crippen LogP contribution in [0.5, 0.6) is 0 Å². The van der Waals surface area contributed by atoms with Crippen molar-refractivity contribution in [1.29, 1.82) is 0 Å². The number of anilines is 1.